The van der Waals surface area contributed by atoms with E-state index in [-0.39, 0.29) is 10.8 Å². The van der Waals surface area contributed by atoms with E-state index >= 15 is 0 Å². The van der Waals surface area contributed by atoms with Crippen LogP contribution in [0.5, 0.6) is 0 Å². The van der Waals surface area contributed by atoms with Crippen molar-refractivity contribution in [3.8, 4) is 0 Å². The van der Waals surface area contributed by atoms with Gasteiger partial charge in [0, 0.05) is 0 Å². The molecule has 0 amide bonds. The fourth-order valence-corrected chi connectivity index (χ4v) is 3.01. The molecule has 0 aromatic carbocycles. The van der Waals surface area contributed by atoms with Crippen LogP contribution in [0.15, 0.2) is 28.4 Å². The molecule has 0 saturated heterocycles. The van der Waals surface area contributed by atoms with Gasteiger partial charge in [-0.05, 0) is 37.8 Å². The topological polar surface area (TPSA) is 15.4 Å². The van der Waals surface area contributed by atoms with Crippen LogP contribution in [0.4, 0.5) is 0 Å². The molecule has 0 N–H and O–H groups in total. The molecular formula is C19H31N2+. The van der Waals surface area contributed by atoms with E-state index in [1.165, 1.54) is 29.4 Å². The van der Waals surface area contributed by atoms with Crippen molar-refractivity contribution in [3.05, 3.63) is 23.4 Å². The largest absolute Gasteiger partial charge is 0.252 e. The van der Waals surface area contributed by atoms with Crippen LogP contribution < -0.4 is 0 Å². The lowest BCUT2D eigenvalue weighted by atomic mass is 9.85. The molecule has 1 heterocycles. The van der Waals surface area contributed by atoms with E-state index in [9.17, 15) is 0 Å². The molecule has 2 aliphatic rings. The number of hydrogen-bond acceptors (Lipinski definition) is 1. The third-order valence-electron chi connectivity index (χ3n) is 4.36. The van der Waals surface area contributed by atoms with Crippen LogP contribution in [0, 0.1) is 16.7 Å². The number of aliphatic imine (C=N–C) groups is 1. The van der Waals surface area contributed by atoms with Crippen molar-refractivity contribution in [3.63, 3.8) is 0 Å². The van der Waals surface area contributed by atoms with Gasteiger partial charge < -0.3 is 0 Å². The summed E-state index contributed by atoms with van der Waals surface area (Å²) in [6, 6.07) is 0. The predicted octanol–water partition coefficient (Wildman–Crippen LogP) is 5.16. The van der Waals surface area contributed by atoms with Gasteiger partial charge in [0.2, 0.25) is 0 Å². The Labute approximate surface area is 130 Å². The molecule has 0 aromatic heterocycles. The van der Waals surface area contributed by atoms with Crippen LogP contribution in [0.1, 0.15) is 68.2 Å². The zero-order chi connectivity index (χ0) is 16.0. The Morgan fingerprint density at radius 3 is 2.19 bits per heavy atom. The number of amidine groups is 2. The first-order valence-electron chi connectivity index (χ1n) is 8.20. The van der Waals surface area contributed by atoms with E-state index < -0.39 is 0 Å². The normalized spacial score (nSPS) is 23.4. The zero-order valence-corrected chi connectivity index (χ0v) is 15.0. The molecule has 116 valence electrons. The fourth-order valence-electron chi connectivity index (χ4n) is 3.01. The fraction of sp³-hybridized carbons (Fsp3) is 0.684. The quantitative estimate of drug-likeness (QED) is 0.623. The zero-order valence-electron chi connectivity index (χ0n) is 15.0. The van der Waals surface area contributed by atoms with E-state index in [1.54, 1.807) is 0 Å². The van der Waals surface area contributed by atoms with Gasteiger partial charge in [-0.25, -0.2) is 0 Å². The predicted molar refractivity (Wildman–Crippen MR) is 91.9 cm³/mol. The Balaban J connectivity index is 2.42. The highest BCUT2D eigenvalue weighted by Crippen LogP contribution is 2.34. The highest BCUT2D eigenvalue weighted by Gasteiger charge is 2.44. The standard InChI is InChI=1S/C19H31N2/c1-9-14-10-11-15(12-13(14)2)21-16(18(3,4)5)20-17(21)19(6,7)8/h11-12,14H,9-10H2,1-8H3/q+1. The van der Waals surface area contributed by atoms with Crippen molar-refractivity contribution in [2.45, 2.75) is 68.2 Å². The maximum Gasteiger partial charge on any atom is 0.252 e. The summed E-state index contributed by atoms with van der Waals surface area (Å²) in [6.07, 6.45) is 7.14. The average molecular weight is 287 g/mol. The van der Waals surface area contributed by atoms with Gasteiger partial charge in [0.1, 0.15) is 5.70 Å². The lowest BCUT2D eigenvalue weighted by Crippen LogP contribution is -2.48. The Kier molecular flexibility index (Phi) is 4.03. The molecule has 1 aliphatic carbocycles. The van der Waals surface area contributed by atoms with Crippen molar-refractivity contribution in [2.24, 2.45) is 21.7 Å². The smallest absolute Gasteiger partial charge is 0.200 e. The summed E-state index contributed by atoms with van der Waals surface area (Å²) in [7, 11) is 0. The van der Waals surface area contributed by atoms with Crippen LogP contribution in [-0.2, 0) is 0 Å². The maximum atomic E-state index is 4.87. The minimum absolute atomic E-state index is 0.0823. The Bertz CT molecular complexity index is 557. The van der Waals surface area contributed by atoms with Crippen molar-refractivity contribution >= 4 is 11.7 Å². The van der Waals surface area contributed by atoms with Gasteiger partial charge in [-0.1, -0.05) is 59.0 Å². The van der Waals surface area contributed by atoms with E-state index in [2.05, 4.69) is 72.1 Å². The number of hydrogen-bond donors (Lipinski definition) is 0. The first-order valence-corrected chi connectivity index (χ1v) is 8.20. The van der Waals surface area contributed by atoms with Crippen LogP contribution in [0.25, 0.3) is 0 Å². The summed E-state index contributed by atoms with van der Waals surface area (Å²) in [5, 5.41) is 0. The van der Waals surface area contributed by atoms with Gasteiger partial charge in [-0.2, -0.15) is 4.58 Å². The first-order chi connectivity index (χ1) is 9.55. The highest BCUT2D eigenvalue weighted by atomic mass is 15.3. The second-order valence-electron chi connectivity index (χ2n) is 8.45. The van der Waals surface area contributed by atoms with Crippen LogP contribution >= 0.6 is 0 Å². The molecular weight excluding hydrogens is 256 g/mol. The van der Waals surface area contributed by atoms with E-state index in [0.717, 1.165) is 6.42 Å². The van der Waals surface area contributed by atoms with Crippen molar-refractivity contribution in [1.29, 1.82) is 0 Å². The Morgan fingerprint density at radius 2 is 1.76 bits per heavy atom. The second kappa shape index (κ2) is 5.23. The van der Waals surface area contributed by atoms with Gasteiger partial charge in [0.05, 0.1) is 10.8 Å². The molecule has 0 fully saturated rings. The van der Waals surface area contributed by atoms with Crippen molar-refractivity contribution < 1.29 is 4.58 Å². The molecule has 1 atom stereocenters. The highest BCUT2D eigenvalue weighted by molar-refractivity contribution is 6.05. The minimum Gasteiger partial charge on any atom is -0.200 e. The molecule has 2 rings (SSSR count). The van der Waals surface area contributed by atoms with E-state index in [0.29, 0.717) is 5.92 Å². The van der Waals surface area contributed by atoms with Gasteiger partial charge in [0.15, 0.2) is 0 Å². The summed E-state index contributed by atoms with van der Waals surface area (Å²) in [6.45, 7) is 18.0. The minimum atomic E-state index is 0.0823. The number of rotatable bonds is 2. The van der Waals surface area contributed by atoms with Gasteiger partial charge >= 0.3 is 0 Å². The lowest BCUT2D eigenvalue weighted by molar-refractivity contribution is -0.373. The second-order valence-corrected chi connectivity index (χ2v) is 8.45. The SMILES string of the molecule is CCC1CC=C([N+]2=C(C(C)(C)C)N=C2C(C)(C)C)C=C1C. The number of nitrogens with zero attached hydrogens (tertiary/aromatic N) is 2. The molecule has 2 nitrogen and oxygen atoms in total. The van der Waals surface area contributed by atoms with E-state index in [1.807, 2.05) is 0 Å². The summed E-state index contributed by atoms with van der Waals surface area (Å²) < 4.78 is 2.40. The van der Waals surface area contributed by atoms with Crippen LogP contribution in [-0.4, -0.2) is 16.2 Å². The molecule has 0 saturated carbocycles. The summed E-state index contributed by atoms with van der Waals surface area (Å²) in [5.74, 6) is 3.10. The molecule has 1 aliphatic heterocycles. The van der Waals surface area contributed by atoms with Crippen LogP contribution in [0.3, 0.4) is 0 Å². The molecule has 2 heteroatoms. The Morgan fingerprint density at radius 1 is 1.14 bits per heavy atom. The molecule has 1 unspecified atom stereocenters. The molecule has 0 spiro atoms. The molecule has 0 aromatic rings. The van der Waals surface area contributed by atoms with Gasteiger partial charge in [0.25, 0.3) is 11.7 Å². The van der Waals surface area contributed by atoms with Crippen LogP contribution in [0.2, 0.25) is 0 Å². The third kappa shape index (κ3) is 3.04. The first kappa shape index (κ1) is 16.2. The van der Waals surface area contributed by atoms with Gasteiger partial charge in [-0.15, -0.1) is 0 Å². The molecule has 0 bridgehead atoms. The van der Waals surface area contributed by atoms with E-state index in [4.69, 9.17) is 4.99 Å². The van der Waals surface area contributed by atoms with Crippen molar-refractivity contribution in [1.82, 2.24) is 0 Å². The van der Waals surface area contributed by atoms with Crippen molar-refractivity contribution in [2.75, 3.05) is 0 Å². The summed E-state index contributed by atoms with van der Waals surface area (Å²) in [4.78, 5) is 4.87. The number of allylic oxidation sites excluding steroid dienone is 3. The average Bonchev–Trinajstić information content (AvgIpc) is 2.23. The summed E-state index contributed by atoms with van der Waals surface area (Å²) in [5.41, 5.74) is 2.99. The third-order valence-corrected chi connectivity index (χ3v) is 4.36. The Hall–Kier alpha value is -1.18. The monoisotopic (exact) mass is 287 g/mol. The summed E-state index contributed by atoms with van der Waals surface area (Å²) >= 11 is 0. The van der Waals surface area contributed by atoms with Gasteiger partial charge in [-0.3, -0.25) is 0 Å². The lowest BCUT2D eigenvalue weighted by Gasteiger charge is -2.33. The maximum absolute atomic E-state index is 4.87. The molecule has 0 radical (unpaired) electrons. The molecule has 21 heavy (non-hydrogen) atoms.